The summed E-state index contributed by atoms with van der Waals surface area (Å²) >= 11 is 0. The summed E-state index contributed by atoms with van der Waals surface area (Å²) in [5.41, 5.74) is 1.88. The molecule has 2 saturated heterocycles. The summed E-state index contributed by atoms with van der Waals surface area (Å²) in [7, 11) is 0. The van der Waals surface area contributed by atoms with Crippen LogP contribution < -0.4 is 0 Å². The Bertz CT molecular complexity index is 1240. The molecule has 0 bridgehead atoms. The van der Waals surface area contributed by atoms with Gasteiger partial charge in [0.05, 0.1) is 0 Å². The lowest BCUT2D eigenvalue weighted by Gasteiger charge is -2.34. The number of piperidine rings is 1. The van der Waals surface area contributed by atoms with Crippen LogP contribution in [0.3, 0.4) is 0 Å². The molecule has 2 aliphatic heterocycles. The van der Waals surface area contributed by atoms with Gasteiger partial charge in [0.25, 0.3) is 0 Å². The van der Waals surface area contributed by atoms with Crippen molar-refractivity contribution in [2.75, 3.05) is 32.7 Å². The van der Waals surface area contributed by atoms with Crippen molar-refractivity contribution in [2.24, 2.45) is 11.8 Å². The van der Waals surface area contributed by atoms with E-state index in [-0.39, 0.29) is 17.7 Å². The van der Waals surface area contributed by atoms with E-state index < -0.39 is 12.0 Å². The molecule has 6 rings (SSSR count). The van der Waals surface area contributed by atoms with Crippen LogP contribution in [-0.4, -0.2) is 74.2 Å². The number of hydrogen-bond donors (Lipinski definition) is 1. The van der Waals surface area contributed by atoms with E-state index in [1.807, 2.05) is 30.5 Å². The van der Waals surface area contributed by atoms with Gasteiger partial charge in [0.2, 0.25) is 0 Å². The summed E-state index contributed by atoms with van der Waals surface area (Å²) in [5.74, 6) is 1.42. The van der Waals surface area contributed by atoms with Gasteiger partial charge in [-0.2, -0.15) is 0 Å². The fourth-order valence-corrected chi connectivity index (χ4v) is 6.75. The van der Waals surface area contributed by atoms with Crippen molar-refractivity contribution in [2.45, 2.75) is 56.4 Å². The molecule has 4 heterocycles. The minimum absolute atomic E-state index is 0.136. The van der Waals surface area contributed by atoms with E-state index in [1.54, 1.807) is 12.1 Å². The van der Waals surface area contributed by atoms with E-state index >= 15 is 0 Å². The number of carboxylic acids is 1. The lowest BCUT2D eigenvalue weighted by atomic mass is 9.80. The van der Waals surface area contributed by atoms with Gasteiger partial charge < -0.3 is 10.0 Å². The van der Waals surface area contributed by atoms with Gasteiger partial charge in [0, 0.05) is 37.7 Å². The predicted molar refractivity (Wildman–Crippen MR) is 139 cm³/mol. The summed E-state index contributed by atoms with van der Waals surface area (Å²) in [6.07, 6.45) is 8.32. The third kappa shape index (κ3) is 5.14. The van der Waals surface area contributed by atoms with Gasteiger partial charge in [0.15, 0.2) is 5.65 Å². The van der Waals surface area contributed by atoms with Crippen LogP contribution in [0.1, 0.15) is 61.7 Å². The zero-order chi connectivity index (χ0) is 25.4. The summed E-state index contributed by atoms with van der Waals surface area (Å²) in [6, 6.07) is 12.5. The average Bonchev–Trinajstić information content (AvgIpc) is 3.48. The lowest BCUT2D eigenvalue weighted by Crippen LogP contribution is -2.43. The van der Waals surface area contributed by atoms with Crippen molar-refractivity contribution in [3.05, 3.63) is 65.9 Å². The number of aromatic nitrogens is 3. The van der Waals surface area contributed by atoms with Crippen LogP contribution in [0.15, 0.2) is 48.7 Å². The Hall–Kier alpha value is -2.84. The first kappa shape index (κ1) is 24.5. The molecule has 1 N–H and O–H groups in total. The first-order valence-electron chi connectivity index (χ1n) is 13.8. The van der Waals surface area contributed by atoms with Gasteiger partial charge in [-0.3, -0.25) is 14.1 Å². The molecule has 7 nitrogen and oxygen atoms in total. The van der Waals surface area contributed by atoms with Gasteiger partial charge in [-0.1, -0.05) is 37.5 Å². The molecule has 1 aromatic carbocycles. The van der Waals surface area contributed by atoms with E-state index in [0.29, 0.717) is 18.4 Å². The van der Waals surface area contributed by atoms with Gasteiger partial charge in [-0.05, 0) is 74.0 Å². The van der Waals surface area contributed by atoms with E-state index in [2.05, 4.69) is 24.4 Å². The van der Waals surface area contributed by atoms with Crippen LogP contribution in [0.25, 0.3) is 5.65 Å². The first-order chi connectivity index (χ1) is 18.0. The molecule has 1 aliphatic carbocycles. The largest absolute Gasteiger partial charge is 0.480 e. The molecule has 37 heavy (non-hydrogen) atoms. The maximum Gasteiger partial charge on any atom is 0.320 e. The van der Waals surface area contributed by atoms with Crippen LogP contribution in [0.4, 0.5) is 4.39 Å². The van der Waals surface area contributed by atoms with Gasteiger partial charge in [-0.25, -0.2) is 4.39 Å². The molecule has 196 valence electrons. The highest BCUT2D eigenvalue weighted by atomic mass is 19.1. The molecular formula is C29H36FN5O2. The Kier molecular flexibility index (Phi) is 6.95. The highest BCUT2D eigenvalue weighted by Gasteiger charge is 2.41. The third-order valence-corrected chi connectivity index (χ3v) is 9.04. The Morgan fingerprint density at radius 2 is 1.89 bits per heavy atom. The van der Waals surface area contributed by atoms with Crippen LogP contribution in [0, 0.1) is 17.7 Å². The van der Waals surface area contributed by atoms with Crippen LogP contribution in [-0.2, 0) is 4.79 Å². The highest BCUT2D eigenvalue weighted by Crippen LogP contribution is 2.39. The number of hydrogen-bond acceptors (Lipinski definition) is 5. The van der Waals surface area contributed by atoms with Crippen LogP contribution >= 0.6 is 0 Å². The maximum atomic E-state index is 14.2. The van der Waals surface area contributed by atoms with Gasteiger partial charge in [-0.15, -0.1) is 10.2 Å². The number of carbonyl (C=O) groups is 1. The Balaban J connectivity index is 1.15. The Morgan fingerprint density at radius 3 is 2.62 bits per heavy atom. The second kappa shape index (κ2) is 10.5. The van der Waals surface area contributed by atoms with Crippen molar-refractivity contribution < 1.29 is 14.3 Å². The second-order valence-electron chi connectivity index (χ2n) is 11.3. The average molecular weight is 506 g/mol. The second-order valence-corrected chi connectivity index (χ2v) is 11.3. The van der Waals surface area contributed by atoms with Crippen molar-refractivity contribution in [3.8, 4) is 0 Å². The van der Waals surface area contributed by atoms with E-state index in [0.717, 1.165) is 75.3 Å². The number of halogens is 1. The molecule has 2 aromatic heterocycles. The topological polar surface area (TPSA) is 74.0 Å². The molecule has 0 spiro atoms. The lowest BCUT2D eigenvalue weighted by molar-refractivity contribution is -0.144. The van der Waals surface area contributed by atoms with E-state index in [4.69, 9.17) is 0 Å². The highest BCUT2D eigenvalue weighted by molar-refractivity contribution is 5.73. The van der Waals surface area contributed by atoms with Crippen molar-refractivity contribution in [1.29, 1.82) is 0 Å². The number of rotatable bonds is 8. The number of aliphatic carboxylic acids is 1. The van der Waals surface area contributed by atoms with Gasteiger partial charge >= 0.3 is 5.97 Å². The van der Waals surface area contributed by atoms with Crippen LogP contribution in [0.2, 0.25) is 0 Å². The standard InChI is InChI=1S/C29H36FN5O2/c30-24-8-4-7-22(16-24)25-19-34(26(29(36)37)15-20-5-3-6-20)18-23(25)17-33-13-10-21(11-14-33)28-32-31-27-9-1-2-12-35(27)28/h1-2,4,7-9,12,16,20-21,23,25-26H,3,5-6,10-11,13-15,17-19H2,(H,36,37)/t23?,25-,26+/m1/s1. The monoisotopic (exact) mass is 505 g/mol. The number of pyridine rings is 1. The Morgan fingerprint density at radius 1 is 1.05 bits per heavy atom. The molecule has 3 atom stereocenters. The maximum absolute atomic E-state index is 14.2. The molecule has 3 aromatic rings. The molecule has 0 amide bonds. The summed E-state index contributed by atoms with van der Waals surface area (Å²) < 4.78 is 16.3. The molecule has 3 aliphatic rings. The zero-order valence-corrected chi connectivity index (χ0v) is 21.3. The van der Waals surface area contributed by atoms with Crippen LogP contribution in [0.5, 0.6) is 0 Å². The predicted octanol–water partition coefficient (Wildman–Crippen LogP) is 4.41. The van der Waals surface area contributed by atoms with Crippen molar-refractivity contribution in [1.82, 2.24) is 24.4 Å². The number of likely N-dealkylation sites (tertiary alicyclic amines) is 2. The minimum atomic E-state index is -0.716. The smallest absolute Gasteiger partial charge is 0.320 e. The number of nitrogens with zero attached hydrogens (tertiary/aromatic N) is 5. The van der Waals surface area contributed by atoms with E-state index in [1.165, 1.54) is 12.5 Å². The Labute approximate surface area is 217 Å². The normalized spacial score (nSPS) is 24.9. The van der Waals surface area contributed by atoms with Crippen molar-refractivity contribution >= 4 is 11.6 Å². The fraction of sp³-hybridized carbons (Fsp3) is 0.552. The molecule has 0 radical (unpaired) electrons. The quantitative estimate of drug-likeness (QED) is 0.489. The van der Waals surface area contributed by atoms with Crippen molar-refractivity contribution in [3.63, 3.8) is 0 Å². The number of carboxylic acid groups (broad SMARTS) is 1. The number of fused-ring (bicyclic) bond motifs is 1. The first-order valence-corrected chi connectivity index (χ1v) is 13.8. The van der Waals surface area contributed by atoms with Gasteiger partial charge in [0.1, 0.15) is 17.7 Å². The summed E-state index contributed by atoms with van der Waals surface area (Å²) in [5, 5.41) is 18.9. The summed E-state index contributed by atoms with van der Waals surface area (Å²) in [6.45, 7) is 4.28. The number of benzene rings is 1. The summed E-state index contributed by atoms with van der Waals surface area (Å²) in [4.78, 5) is 17.0. The molecule has 3 fully saturated rings. The molecular weight excluding hydrogens is 469 g/mol. The molecule has 8 heteroatoms. The minimum Gasteiger partial charge on any atom is -0.480 e. The molecule has 1 saturated carbocycles. The third-order valence-electron chi connectivity index (χ3n) is 9.04. The SMILES string of the molecule is O=C(O)[C@H](CC1CCC1)N1CC(CN2CCC(c3nnc4ccccn34)CC2)[C@@H](c2cccc(F)c2)C1. The fourth-order valence-electron chi connectivity index (χ4n) is 6.75. The molecule has 1 unspecified atom stereocenters. The zero-order valence-electron chi connectivity index (χ0n) is 21.3. The van der Waals surface area contributed by atoms with E-state index in [9.17, 15) is 14.3 Å².